The zero-order valence-electron chi connectivity index (χ0n) is 8.03. The molecular formula is C10H15N3. The largest absolute Gasteiger partial charge is 0.336 e. The number of unbranched alkanes of at least 4 members (excludes halogenated alkanes) is 1. The molecule has 1 rings (SSSR count). The maximum Gasteiger partial charge on any atom is 0.0949 e. The second kappa shape index (κ2) is 5.36. The molecule has 0 unspecified atom stereocenters. The molecule has 70 valence electrons. The molecule has 0 fully saturated rings. The summed E-state index contributed by atoms with van der Waals surface area (Å²) in [4.78, 5) is 4.26. The van der Waals surface area contributed by atoms with Crippen LogP contribution in [-0.4, -0.2) is 9.55 Å². The van der Waals surface area contributed by atoms with Crippen LogP contribution in [0.4, 0.5) is 0 Å². The predicted molar refractivity (Wildman–Crippen MR) is 51.1 cm³/mol. The molecule has 0 saturated carbocycles. The van der Waals surface area contributed by atoms with Crippen LogP contribution in [0.3, 0.4) is 0 Å². The van der Waals surface area contributed by atoms with E-state index in [4.69, 9.17) is 5.26 Å². The summed E-state index contributed by atoms with van der Waals surface area (Å²) in [5.74, 6) is 0. The van der Waals surface area contributed by atoms with E-state index in [1.165, 1.54) is 12.8 Å². The summed E-state index contributed by atoms with van der Waals surface area (Å²) in [6, 6.07) is 2.12. The molecule has 0 amide bonds. The van der Waals surface area contributed by atoms with E-state index in [2.05, 4.69) is 18.0 Å². The number of nitrogens with zero attached hydrogens (tertiary/aromatic N) is 3. The molecule has 0 radical (unpaired) electrons. The van der Waals surface area contributed by atoms with E-state index >= 15 is 0 Å². The molecule has 0 N–H and O–H groups in total. The van der Waals surface area contributed by atoms with Crippen LogP contribution >= 0.6 is 0 Å². The Morgan fingerprint density at radius 2 is 2.46 bits per heavy atom. The fourth-order valence-electron chi connectivity index (χ4n) is 1.19. The van der Waals surface area contributed by atoms with Gasteiger partial charge in [0.25, 0.3) is 0 Å². The van der Waals surface area contributed by atoms with Gasteiger partial charge in [-0.05, 0) is 12.8 Å². The Kier molecular flexibility index (Phi) is 4.04. The van der Waals surface area contributed by atoms with Crippen molar-refractivity contribution in [3.8, 4) is 6.07 Å². The first kappa shape index (κ1) is 9.79. The minimum Gasteiger partial charge on any atom is -0.336 e. The van der Waals surface area contributed by atoms with Gasteiger partial charge < -0.3 is 4.57 Å². The van der Waals surface area contributed by atoms with Crippen LogP contribution in [0.5, 0.6) is 0 Å². The molecule has 0 atom stereocenters. The fraction of sp³-hybridized carbons (Fsp3) is 0.600. The molecule has 3 heteroatoms. The first-order valence-electron chi connectivity index (χ1n) is 4.74. The lowest BCUT2D eigenvalue weighted by Gasteiger charge is -1.94. The number of hydrogen-bond donors (Lipinski definition) is 0. The highest BCUT2D eigenvalue weighted by atomic mass is 15.0. The Hall–Kier alpha value is -1.30. The summed E-state index contributed by atoms with van der Waals surface area (Å²) in [5.41, 5.74) is 1.14. The van der Waals surface area contributed by atoms with Crippen molar-refractivity contribution in [3.63, 3.8) is 0 Å². The number of imidazole rings is 1. The van der Waals surface area contributed by atoms with Crippen molar-refractivity contribution < 1.29 is 0 Å². The lowest BCUT2D eigenvalue weighted by atomic mass is 10.2. The van der Waals surface area contributed by atoms with Gasteiger partial charge in [-0.1, -0.05) is 13.3 Å². The number of nitriles is 1. The van der Waals surface area contributed by atoms with Gasteiger partial charge in [0, 0.05) is 12.7 Å². The molecule has 0 saturated heterocycles. The van der Waals surface area contributed by atoms with E-state index in [0.29, 0.717) is 6.42 Å². The lowest BCUT2D eigenvalue weighted by Crippen LogP contribution is -1.92. The smallest absolute Gasteiger partial charge is 0.0949 e. The van der Waals surface area contributed by atoms with Gasteiger partial charge >= 0.3 is 0 Å². The van der Waals surface area contributed by atoms with Crippen molar-refractivity contribution >= 4 is 0 Å². The Labute approximate surface area is 79.0 Å². The number of aryl methyl sites for hydroxylation is 2. The number of rotatable bonds is 5. The van der Waals surface area contributed by atoms with Crippen LogP contribution in [0.2, 0.25) is 0 Å². The van der Waals surface area contributed by atoms with Gasteiger partial charge in [-0.25, -0.2) is 4.98 Å². The van der Waals surface area contributed by atoms with Gasteiger partial charge in [0.05, 0.1) is 24.5 Å². The van der Waals surface area contributed by atoms with Crippen molar-refractivity contribution in [2.75, 3.05) is 0 Å². The van der Waals surface area contributed by atoms with E-state index in [1.807, 2.05) is 17.1 Å². The van der Waals surface area contributed by atoms with Gasteiger partial charge in [0.1, 0.15) is 0 Å². The van der Waals surface area contributed by atoms with Crippen LogP contribution < -0.4 is 0 Å². The van der Waals surface area contributed by atoms with E-state index in [1.54, 1.807) is 0 Å². The zero-order chi connectivity index (χ0) is 9.52. The van der Waals surface area contributed by atoms with Crippen LogP contribution in [0.15, 0.2) is 12.5 Å². The number of aromatic nitrogens is 2. The topological polar surface area (TPSA) is 41.6 Å². The average Bonchev–Trinajstić information content (AvgIpc) is 2.59. The summed E-state index contributed by atoms with van der Waals surface area (Å²) < 4.78 is 1.98. The Morgan fingerprint density at radius 1 is 1.62 bits per heavy atom. The lowest BCUT2D eigenvalue weighted by molar-refractivity contribution is 0.712. The Bertz CT molecular complexity index is 283. The predicted octanol–water partition coefficient (Wildman–Crippen LogP) is 2.14. The molecule has 0 bridgehead atoms. The van der Waals surface area contributed by atoms with Crippen molar-refractivity contribution in [1.82, 2.24) is 9.55 Å². The van der Waals surface area contributed by atoms with E-state index in [-0.39, 0.29) is 0 Å². The van der Waals surface area contributed by atoms with E-state index < -0.39 is 0 Å². The van der Waals surface area contributed by atoms with Crippen LogP contribution in [-0.2, 0) is 13.0 Å². The maximum atomic E-state index is 8.39. The first-order valence-corrected chi connectivity index (χ1v) is 4.74. The molecule has 0 aromatic carbocycles. The SMILES string of the molecule is CCCCc1cn(CCC#N)cn1. The summed E-state index contributed by atoms with van der Waals surface area (Å²) in [5, 5.41) is 8.39. The van der Waals surface area contributed by atoms with Crippen molar-refractivity contribution in [1.29, 1.82) is 5.26 Å². The van der Waals surface area contributed by atoms with Crippen molar-refractivity contribution in [2.24, 2.45) is 0 Å². The van der Waals surface area contributed by atoms with E-state index in [0.717, 1.165) is 18.7 Å². The third-order valence-electron chi connectivity index (χ3n) is 1.95. The number of hydrogen-bond acceptors (Lipinski definition) is 2. The summed E-state index contributed by atoms with van der Waals surface area (Å²) in [6.45, 7) is 2.93. The minimum absolute atomic E-state index is 0.559. The first-order chi connectivity index (χ1) is 6.36. The van der Waals surface area contributed by atoms with Gasteiger partial charge in [-0.3, -0.25) is 0 Å². The molecule has 0 aliphatic rings. The van der Waals surface area contributed by atoms with Crippen LogP contribution in [0.25, 0.3) is 0 Å². The highest BCUT2D eigenvalue weighted by Gasteiger charge is 1.97. The van der Waals surface area contributed by atoms with Gasteiger partial charge in [0.2, 0.25) is 0 Å². The molecule has 0 aliphatic carbocycles. The monoisotopic (exact) mass is 177 g/mol. The van der Waals surface area contributed by atoms with Gasteiger partial charge in [-0.2, -0.15) is 5.26 Å². The quantitative estimate of drug-likeness (QED) is 0.691. The highest BCUT2D eigenvalue weighted by Crippen LogP contribution is 2.02. The molecule has 1 aromatic rings. The maximum absolute atomic E-state index is 8.39. The van der Waals surface area contributed by atoms with Crippen molar-refractivity contribution in [3.05, 3.63) is 18.2 Å². The highest BCUT2D eigenvalue weighted by molar-refractivity contribution is 4.96. The standard InChI is InChI=1S/C10H15N3/c1-2-3-5-10-8-13(9-12-10)7-4-6-11/h8-9H,2-5,7H2,1H3. The van der Waals surface area contributed by atoms with Gasteiger partial charge in [-0.15, -0.1) is 0 Å². The third-order valence-corrected chi connectivity index (χ3v) is 1.95. The van der Waals surface area contributed by atoms with Crippen molar-refractivity contribution in [2.45, 2.75) is 39.2 Å². The molecule has 0 spiro atoms. The van der Waals surface area contributed by atoms with Crippen LogP contribution in [0.1, 0.15) is 31.9 Å². The van der Waals surface area contributed by atoms with E-state index in [9.17, 15) is 0 Å². The molecule has 13 heavy (non-hydrogen) atoms. The molecular weight excluding hydrogens is 162 g/mol. The van der Waals surface area contributed by atoms with Crippen LogP contribution in [0, 0.1) is 11.3 Å². The molecule has 1 heterocycles. The molecule has 3 nitrogen and oxygen atoms in total. The zero-order valence-corrected chi connectivity index (χ0v) is 8.03. The van der Waals surface area contributed by atoms with Gasteiger partial charge in [0.15, 0.2) is 0 Å². The summed E-state index contributed by atoms with van der Waals surface area (Å²) in [7, 11) is 0. The minimum atomic E-state index is 0.559. The average molecular weight is 177 g/mol. The molecule has 0 aliphatic heterocycles. The summed E-state index contributed by atoms with van der Waals surface area (Å²) >= 11 is 0. The Morgan fingerprint density at radius 3 is 3.15 bits per heavy atom. The fourth-order valence-corrected chi connectivity index (χ4v) is 1.19. The normalized spacial score (nSPS) is 9.85. The second-order valence-corrected chi connectivity index (χ2v) is 3.11. The Balaban J connectivity index is 2.40. The molecule has 1 aromatic heterocycles. The summed E-state index contributed by atoms with van der Waals surface area (Å²) in [6.07, 6.45) is 7.84. The third kappa shape index (κ3) is 3.29. The second-order valence-electron chi connectivity index (χ2n) is 3.11.